The van der Waals surface area contributed by atoms with Gasteiger partial charge in [-0.05, 0) is 78.1 Å². The molecule has 2 N–H and O–H groups in total. The van der Waals surface area contributed by atoms with E-state index in [-0.39, 0.29) is 50.6 Å². The zero-order valence-electron chi connectivity index (χ0n) is 33.6. The van der Waals surface area contributed by atoms with Crippen LogP contribution in [0.25, 0.3) is 0 Å². The predicted octanol–water partition coefficient (Wildman–Crippen LogP) is 5.32. The van der Waals surface area contributed by atoms with Gasteiger partial charge in [0.05, 0.1) is 45.5 Å². The van der Waals surface area contributed by atoms with E-state index in [4.69, 9.17) is 33.2 Å². The van der Waals surface area contributed by atoms with Gasteiger partial charge in [0.15, 0.2) is 0 Å². The van der Waals surface area contributed by atoms with E-state index in [0.717, 1.165) is 13.2 Å². The van der Waals surface area contributed by atoms with Gasteiger partial charge in [-0.2, -0.15) is 0 Å². The van der Waals surface area contributed by atoms with Crippen LogP contribution in [0.15, 0.2) is 48.5 Å². The number of halogens is 1. The molecule has 0 bridgehead atoms. The molecule has 2 aromatic rings. The maximum Gasteiger partial charge on any atom is 0.408 e. The number of carbonyl (C=O) groups is 5. The molecule has 312 valence electrons. The maximum atomic E-state index is 15.2. The van der Waals surface area contributed by atoms with Crippen LogP contribution in [0.5, 0.6) is 0 Å². The van der Waals surface area contributed by atoms with E-state index in [0.29, 0.717) is 44.8 Å². The minimum Gasteiger partial charge on any atom is -0.469 e. The number of esters is 2. The lowest BCUT2D eigenvalue weighted by atomic mass is 10.1. The lowest BCUT2D eigenvalue weighted by Gasteiger charge is -2.28. The van der Waals surface area contributed by atoms with Gasteiger partial charge < -0.3 is 48.7 Å². The number of nitrogens with one attached hydrogen (secondary N) is 2. The second-order valence-corrected chi connectivity index (χ2v) is 14.6. The molecule has 0 aliphatic rings. The number of hydrogen-bond donors (Lipinski definition) is 2. The molecule has 15 nitrogen and oxygen atoms in total. The van der Waals surface area contributed by atoms with Crippen LogP contribution in [0.4, 0.5) is 14.0 Å². The molecule has 2 aromatic carbocycles. The van der Waals surface area contributed by atoms with Crippen molar-refractivity contribution in [2.24, 2.45) is 0 Å². The van der Waals surface area contributed by atoms with Crippen LogP contribution in [0.3, 0.4) is 0 Å². The fraction of sp³-hybridized carbons (Fsp3) is 0.575. The normalized spacial score (nSPS) is 11.9. The summed E-state index contributed by atoms with van der Waals surface area (Å²) < 4.78 is 52.6. The molecule has 0 saturated carbocycles. The fourth-order valence-corrected chi connectivity index (χ4v) is 4.79. The number of carbonyl (C=O) groups excluding carboxylic acids is 5. The molecule has 0 spiro atoms. The first kappa shape index (κ1) is 47.4. The number of amides is 3. The highest BCUT2D eigenvalue weighted by molar-refractivity contribution is 5.91. The average molecular weight is 792 g/mol. The molecular formula is C40H58FN3O12. The van der Waals surface area contributed by atoms with Gasteiger partial charge in [0.25, 0.3) is 0 Å². The summed E-state index contributed by atoms with van der Waals surface area (Å²) in [4.78, 5) is 64.8. The van der Waals surface area contributed by atoms with E-state index in [1.807, 2.05) is 6.07 Å². The van der Waals surface area contributed by atoms with Gasteiger partial charge in [-0.3, -0.25) is 9.59 Å². The summed E-state index contributed by atoms with van der Waals surface area (Å²) in [6, 6.07) is 11.2. The van der Waals surface area contributed by atoms with Gasteiger partial charge in [0, 0.05) is 38.4 Å². The van der Waals surface area contributed by atoms with Crippen molar-refractivity contribution in [3.05, 3.63) is 71.0 Å². The largest absolute Gasteiger partial charge is 0.469 e. The van der Waals surface area contributed by atoms with Gasteiger partial charge in [0.1, 0.15) is 29.7 Å². The van der Waals surface area contributed by atoms with Gasteiger partial charge in [0.2, 0.25) is 5.91 Å². The van der Waals surface area contributed by atoms with Crippen molar-refractivity contribution >= 4 is 30.0 Å². The van der Waals surface area contributed by atoms with Gasteiger partial charge >= 0.3 is 24.1 Å². The summed E-state index contributed by atoms with van der Waals surface area (Å²) in [6.07, 6.45) is -1.04. The number of alkyl carbamates (subject to hydrolysis) is 2. The van der Waals surface area contributed by atoms with E-state index in [2.05, 4.69) is 10.6 Å². The number of benzene rings is 2. The third kappa shape index (κ3) is 20.8. The molecule has 16 heteroatoms. The Morgan fingerprint density at radius 2 is 1.38 bits per heavy atom. The van der Waals surface area contributed by atoms with Crippen LogP contribution in [0.2, 0.25) is 0 Å². The Kier molecular flexibility index (Phi) is 20.9. The van der Waals surface area contributed by atoms with Crippen LogP contribution < -0.4 is 10.6 Å². The van der Waals surface area contributed by atoms with Crippen molar-refractivity contribution in [2.45, 2.75) is 91.2 Å². The first-order valence-corrected chi connectivity index (χ1v) is 18.5. The standard InChI is InChI=1S/C40H58FN3O12/c1-39(2,3)55-36(47)30-15-16-32(41)31(25-30)27-44(35(46)33(26-34(45)50-7)43-38(49)54-28-29-13-9-8-10-14-29)18-12-20-52-22-24-53-23-21-51-19-11-17-42-37(48)56-40(4,5)6/h8-10,13-16,25,33H,11-12,17-24,26-28H2,1-7H3,(H,42,48)(H,43,49)/t33-/m0/s1. The summed E-state index contributed by atoms with van der Waals surface area (Å²) in [5.41, 5.74) is -0.544. The SMILES string of the molecule is COC(=O)C[C@H](NC(=O)OCc1ccccc1)C(=O)N(CCCOCCOCCOCCCNC(=O)OC(C)(C)C)Cc1cc(C(=O)OC(C)(C)C)ccc1F. The first-order chi connectivity index (χ1) is 26.5. The fourth-order valence-electron chi connectivity index (χ4n) is 4.79. The predicted molar refractivity (Wildman–Crippen MR) is 203 cm³/mol. The summed E-state index contributed by atoms with van der Waals surface area (Å²) in [5, 5.41) is 5.11. The van der Waals surface area contributed by atoms with E-state index >= 15 is 4.39 Å². The Morgan fingerprint density at radius 1 is 0.768 bits per heavy atom. The van der Waals surface area contributed by atoms with Crippen LogP contribution >= 0.6 is 0 Å². The van der Waals surface area contributed by atoms with E-state index in [1.165, 1.54) is 17.0 Å². The van der Waals surface area contributed by atoms with Gasteiger partial charge in [-0.25, -0.2) is 18.8 Å². The first-order valence-electron chi connectivity index (χ1n) is 18.5. The van der Waals surface area contributed by atoms with E-state index < -0.39 is 59.5 Å². The van der Waals surface area contributed by atoms with E-state index in [9.17, 15) is 24.0 Å². The van der Waals surface area contributed by atoms with E-state index in [1.54, 1.807) is 65.8 Å². The van der Waals surface area contributed by atoms with Crippen LogP contribution in [0, 0.1) is 5.82 Å². The van der Waals surface area contributed by atoms with Crippen LogP contribution in [-0.4, -0.2) is 112 Å². The molecular weight excluding hydrogens is 733 g/mol. The lowest BCUT2D eigenvalue weighted by Crippen LogP contribution is -2.50. The maximum absolute atomic E-state index is 15.2. The molecule has 0 aliphatic carbocycles. The summed E-state index contributed by atoms with van der Waals surface area (Å²) in [5.74, 6) is -2.82. The van der Waals surface area contributed by atoms with Gasteiger partial charge in [-0.15, -0.1) is 0 Å². The molecule has 0 fully saturated rings. The molecule has 0 unspecified atom stereocenters. The minimum absolute atomic E-state index is 0.0148. The number of rotatable bonds is 23. The number of ether oxygens (including phenoxy) is 7. The number of nitrogens with zero attached hydrogens (tertiary/aromatic N) is 1. The summed E-state index contributed by atoms with van der Waals surface area (Å²) in [6.45, 7) is 12.4. The topological polar surface area (TPSA) is 177 Å². The second kappa shape index (κ2) is 24.7. The molecule has 1 atom stereocenters. The van der Waals surface area contributed by atoms with Crippen LogP contribution in [-0.2, 0) is 55.9 Å². The van der Waals surface area contributed by atoms with Crippen molar-refractivity contribution in [1.29, 1.82) is 0 Å². The summed E-state index contributed by atoms with van der Waals surface area (Å²) in [7, 11) is 1.15. The van der Waals surface area contributed by atoms with Crippen LogP contribution in [0.1, 0.15) is 82.3 Å². The van der Waals surface area contributed by atoms with Crippen molar-refractivity contribution in [3.63, 3.8) is 0 Å². The molecule has 3 amide bonds. The van der Waals surface area contributed by atoms with Crippen molar-refractivity contribution in [3.8, 4) is 0 Å². The zero-order chi connectivity index (χ0) is 41.6. The highest BCUT2D eigenvalue weighted by Crippen LogP contribution is 2.19. The number of methoxy groups -OCH3 is 1. The van der Waals surface area contributed by atoms with Crippen molar-refractivity contribution < 1.29 is 61.5 Å². The van der Waals surface area contributed by atoms with Crippen molar-refractivity contribution in [1.82, 2.24) is 15.5 Å². The molecule has 0 aromatic heterocycles. The minimum atomic E-state index is -1.42. The Labute approximate surface area is 328 Å². The molecule has 0 saturated heterocycles. The molecule has 0 radical (unpaired) electrons. The second-order valence-electron chi connectivity index (χ2n) is 14.6. The quantitative estimate of drug-likeness (QED) is 0.0843. The third-order valence-corrected chi connectivity index (χ3v) is 7.35. The summed E-state index contributed by atoms with van der Waals surface area (Å²) >= 11 is 0. The zero-order valence-corrected chi connectivity index (χ0v) is 33.6. The molecule has 56 heavy (non-hydrogen) atoms. The average Bonchev–Trinajstić information content (AvgIpc) is 3.12. The van der Waals surface area contributed by atoms with Crippen molar-refractivity contribution in [2.75, 3.05) is 59.8 Å². The highest BCUT2D eigenvalue weighted by atomic mass is 19.1. The lowest BCUT2D eigenvalue weighted by molar-refractivity contribution is -0.145. The number of hydrogen-bond acceptors (Lipinski definition) is 12. The molecule has 0 heterocycles. The highest BCUT2D eigenvalue weighted by Gasteiger charge is 2.30. The third-order valence-electron chi connectivity index (χ3n) is 7.35. The molecule has 0 aliphatic heterocycles. The smallest absolute Gasteiger partial charge is 0.408 e. The Bertz CT molecular complexity index is 1530. The Morgan fingerprint density at radius 3 is 1.98 bits per heavy atom. The van der Waals surface area contributed by atoms with Gasteiger partial charge in [-0.1, -0.05) is 30.3 Å². The Balaban J connectivity index is 1.98. The monoisotopic (exact) mass is 791 g/mol. The Hall–Kier alpha value is -4.80. The molecule has 2 rings (SSSR count).